The molecule has 2 aromatic heterocycles. The summed E-state index contributed by atoms with van der Waals surface area (Å²) in [6, 6.07) is 0. The molecule has 0 amide bonds. The minimum absolute atomic E-state index is 0.576. The Kier molecular flexibility index (Phi) is 2.56. The number of imidazole rings is 1. The van der Waals surface area contributed by atoms with E-state index in [1.807, 2.05) is 0 Å². The lowest BCUT2D eigenvalue weighted by Gasteiger charge is -1.98. The Morgan fingerprint density at radius 1 is 1.57 bits per heavy atom. The van der Waals surface area contributed by atoms with E-state index in [4.69, 9.17) is 5.73 Å². The first-order valence-corrected chi connectivity index (χ1v) is 5.74. The number of hydrogen-bond donors (Lipinski definition) is 1. The minimum Gasteiger partial charge on any atom is -0.325 e. The van der Waals surface area contributed by atoms with Gasteiger partial charge >= 0.3 is 0 Å². The number of nitrogens with two attached hydrogens (primary N) is 1. The van der Waals surface area contributed by atoms with Gasteiger partial charge in [-0.3, -0.25) is 4.40 Å². The third-order valence-electron chi connectivity index (χ3n) is 2.30. The fourth-order valence-corrected chi connectivity index (χ4v) is 2.56. The van der Waals surface area contributed by atoms with E-state index in [-0.39, 0.29) is 0 Å². The molecule has 0 aliphatic heterocycles. The van der Waals surface area contributed by atoms with Gasteiger partial charge in [0.25, 0.3) is 0 Å². The van der Waals surface area contributed by atoms with Crippen LogP contribution in [0.15, 0.2) is 6.20 Å². The summed E-state index contributed by atoms with van der Waals surface area (Å²) in [5, 5.41) is 0. The topological polar surface area (TPSA) is 43.3 Å². The van der Waals surface area contributed by atoms with E-state index < -0.39 is 0 Å². The van der Waals surface area contributed by atoms with Crippen molar-refractivity contribution in [2.24, 2.45) is 5.73 Å². The van der Waals surface area contributed by atoms with Crippen molar-refractivity contribution in [1.29, 1.82) is 0 Å². The lowest BCUT2D eigenvalue weighted by Crippen LogP contribution is -2.03. The van der Waals surface area contributed by atoms with E-state index in [9.17, 15) is 0 Å². The van der Waals surface area contributed by atoms with Crippen molar-refractivity contribution in [1.82, 2.24) is 9.38 Å². The summed E-state index contributed by atoms with van der Waals surface area (Å²) >= 11 is 1.72. The van der Waals surface area contributed by atoms with Crippen LogP contribution in [0.2, 0.25) is 0 Å². The summed E-state index contributed by atoms with van der Waals surface area (Å²) in [5.74, 6) is 0. The van der Waals surface area contributed by atoms with Crippen LogP contribution < -0.4 is 5.73 Å². The molecule has 0 saturated heterocycles. The molecule has 76 valence electrons. The van der Waals surface area contributed by atoms with E-state index >= 15 is 0 Å². The molecule has 0 saturated carbocycles. The molecule has 0 atom stereocenters. The second-order valence-corrected chi connectivity index (χ2v) is 4.67. The molecule has 14 heavy (non-hydrogen) atoms. The van der Waals surface area contributed by atoms with Gasteiger partial charge in [0.1, 0.15) is 0 Å². The fraction of sp³-hybridized carbons (Fsp3) is 0.500. The fourth-order valence-electron chi connectivity index (χ4n) is 1.70. The monoisotopic (exact) mass is 209 g/mol. The Bertz CT molecular complexity index is 441. The van der Waals surface area contributed by atoms with Crippen molar-refractivity contribution in [3.05, 3.63) is 22.5 Å². The largest absolute Gasteiger partial charge is 0.325 e. The molecule has 2 N–H and O–H groups in total. The molecule has 0 aromatic carbocycles. The number of nitrogens with zero attached hydrogens (tertiary/aromatic N) is 2. The lowest BCUT2D eigenvalue weighted by molar-refractivity contribution is 0.851. The van der Waals surface area contributed by atoms with E-state index in [2.05, 4.69) is 29.4 Å². The minimum atomic E-state index is 0.576. The maximum Gasteiger partial charge on any atom is 0.194 e. The normalized spacial score (nSPS) is 11.4. The zero-order chi connectivity index (χ0) is 10.1. The van der Waals surface area contributed by atoms with Crippen LogP contribution in [0.1, 0.15) is 29.6 Å². The summed E-state index contributed by atoms with van der Waals surface area (Å²) in [7, 11) is 0. The summed E-state index contributed by atoms with van der Waals surface area (Å²) in [6.45, 7) is 4.84. The Labute approximate surface area is 87.6 Å². The second-order valence-electron chi connectivity index (χ2n) is 3.45. The van der Waals surface area contributed by atoms with Crippen LogP contribution in [0.5, 0.6) is 0 Å². The number of fused-ring (bicyclic) bond motifs is 1. The predicted molar refractivity (Wildman–Crippen MR) is 59.7 cm³/mol. The van der Waals surface area contributed by atoms with Crippen LogP contribution in [-0.4, -0.2) is 9.38 Å². The Balaban J connectivity index is 2.56. The van der Waals surface area contributed by atoms with Crippen molar-refractivity contribution in [3.8, 4) is 0 Å². The Morgan fingerprint density at radius 3 is 3.00 bits per heavy atom. The van der Waals surface area contributed by atoms with E-state index in [0.29, 0.717) is 6.54 Å². The van der Waals surface area contributed by atoms with Crippen molar-refractivity contribution < 1.29 is 0 Å². The highest BCUT2D eigenvalue weighted by Gasteiger charge is 2.11. The number of aromatic nitrogens is 2. The van der Waals surface area contributed by atoms with Crippen LogP contribution >= 0.6 is 11.3 Å². The molecule has 0 fully saturated rings. The van der Waals surface area contributed by atoms with Gasteiger partial charge < -0.3 is 5.73 Å². The van der Waals surface area contributed by atoms with Gasteiger partial charge in [-0.15, -0.1) is 11.3 Å². The molecule has 0 unspecified atom stereocenters. The first-order chi connectivity index (χ1) is 6.76. The van der Waals surface area contributed by atoms with E-state index in [1.165, 1.54) is 16.3 Å². The van der Waals surface area contributed by atoms with Gasteiger partial charge in [-0.05, 0) is 13.3 Å². The zero-order valence-corrected chi connectivity index (χ0v) is 9.40. The number of hydrogen-bond acceptors (Lipinski definition) is 3. The molecule has 0 bridgehead atoms. The molecule has 0 spiro atoms. The molecule has 2 heterocycles. The smallest absolute Gasteiger partial charge is 0.194 e. The zero-order valence-electron chi connectivity index (χ0n) is 8.58. The standard InChI is InChI=1S/C10H15N3S/c1-3-4-8-9(5-11)13-6-7(2)14-10(13)12-8/h6H,3-5,11H2,1-2H3. The highest BCUT2D eigenvalue weighted by Crippen LogP contribution is 2.21. The average molecular weight is 209 g/mol. The maximum atomic E-state index is 5.74. The van der Waals surface area contributed by atoms with Gasteiger partial charge in [0, 0.05) is 17.6 Å². The third kappa shape index (κ3) is 1.44. The van der Waals surface area contributed by atoms with Crippen LogP contribution in [0.3, 0.4) is 0 Å². The second kappa shape index (κ2) is 3.71. The average Bonchev–Trinajstić information content (AvgIpc) is 2.61. The van der Waals surface area contributed by atoms with Crippen LogP contribution in [0.4, 0.5) is 0 Å². The molecule has 2 aromatic rings. The molecule has 0 aliphatic carbocycles. The SMILES string of the molecule is CCCc1nc2sc(C)cn2c1CN. The molecular formula is C10H15N3S. The Morgan fingerprint density at radius 2 is 2.36 bits per heavy atom. The maximum absolute atomic E-state index is 5.74. The summed E-state index contributed by atoms with van der Waals surface area (Å²) < 4.78 is 2.13. The molecule has 0 radical (unpaired) electrons. The highest BCUT2D eigenvalue weighted by atomic mass is 32.1. The van der Waals surface area contributed by atoms with Crippen molar-refractivity contribution >= 4 is 16.3 Å². The third-order valence-corrected chi connectivity index (χ3v) is 3.20. The number of rotatable bonds is 3. The van der Waals surface area contributed by atoms with Crippen molar-refractivity contribution in [2.75, 3.05) is 0 Å². The molecule has 0 aliphatic rings. The molecule has 3 nitrogen and oxygen atoms in total. The van der Waals surface area contributed by atoms with Crippen molar-refractivity contribution in [2.45, 2.75) is 33.2 Å². The molecular weight excluding hydrogens is 194 g/mol. The van der Waals surface area contributed by atoms with Gasteiger partial charge in [0.05, 0.1) is 11.4 Å². The summed E-state index contributed by atoms with van der Waals surface area (Å²) in [5.41, 5.74) is 8.08. The summed E-state index contributed by atoms with van der Waals surface area (Å²) in [6.07, 6.45) is 4.27. The van der Waals surface area contributed by atoms with Crippen LogP contribution in [-0.2, 0) is 13.0 Å². The van der Waals surface area contributed by atoms with Gasteiger partial charge in [-0.25, -0.2) is 4.98 Å². The van der Waals surface area contributed by atoms with Gasteiger partial charge in [0.2, 0.25) is 0 Å². The molecule has 2 rings (SSSR count). The van der Waals surface area contributed by atoms with Crippen molar-refractivity contribution in [3.63, 3.8) is 0 Å². The Hall–Kier alpha value is -0.870. The number of thiazole rings is 1. The van der Waals surface area contributed by atoms with Crippen LogP contribution in [0.25, 0.3) is 4.96 Å². The first kappa shape index (κ1) is 9.68. The van der Waals surface area contributed by atoms with E-state index in [1.54, 1.807) is 11.3 Å². The first-order valence-electron chi connectivity index (χ1n) is 4.92. The number of aryl methyl sites for hydroxylation is 2. The van der Waals surface area contributed by atoms with Gasteiger partial charge in [-0.2, -0.15) is 0 Å². The van der Waals surface area contributed by atoms with Gasteiger partial charge in [0.15, 0.2) is 4.96 Å². The van der Waals surface area contributed by atoms with Crippen LogP contribution in [0, 0.1) is 6.92 Å². The quantitative estimate of drug-likeness (QED) is 0.841. The highest BCUT2D eigenvalue weighted by molar-refractivity contribution is 7.17. The molecule has 4 heteroatoms. The van der Waals surface area contributed by atoms with Gasteiger partial charge in [-0.1, -0.05) is 13.3 Å². The lowest BCUT2D eigenvalue weighted by atomic mass is 10.2. The summed E-state index contributed by atoms with van der Waals surface area (Å²) in [4.78, 5) is 6.95. The predicted octanol–water partition coefficient (Wildman–Crippen LogP) is 2.12. The van der Waals surface area contributed by atoms with E-state index in [0.717, 1.165) is 17.8 Å².